The summed E-state index contributed by atoms with van der Waals surface area (Å²) in [4.78, 5) is 7.27. The SMILES string of the molecule is CCCCN(CCCC)c1nc(CN)cc2ccccc12. The maximum atomic E-state index is 5.83. The number of rotatable bonds is 8. The Labute approximate surface area is 128 Å². The average molecular weight is 285 g/mol. The molecule has 3 nitrogen and oxygen atoms in total. The molecule has 0 atom stereocenters. The van der Waals surface area contributed by atoms with E-state index in [0.29, 0.717) is 6.54 Å². The molecule has 1 aromatic carbocycles. The van der Waals surface area contributed by atoms with Crippen LogP contribution >= 0.6 is 0 Å². The Hall–Kier alpha value is -1.61. The van der Waals surface area contributed by atoms with Crippen molar-refractivity contribution in [1.29, 1.82) is 0 Å². The minimum Gasteiger partial charge on any atom is -0.356 e. The van der Waals surface area contributed by atoms with Crippen molar-refractivity contribution >= 4 is 16.6 Å². The second-order valence-electron chi connectivity index (χ2n) is 5.56. The Morgan fingerprint density at radius 2 is 1.71 bits per heavy atom. The number of unbranched alkanes of at least 4 members (excludes halogenated alkanes) is 2. The van der Waals surface area contributed by atoms with E-state index in [1.54, 1.807) is 0 Å². The summed E-state index contributed by atoms with van der Waals surface area (Å²) in [5, 5.41) is 2.47. The number of hydrogen-bond acceptors (Lipinski definition) is 3. The van der Waals surface area contributed by atoms with Crippen molar-refractivity contribution in [1.82, 2.24) is 4.98 Å². The van der Waals surface area contributed by atoms with Gasteiger partial charge in [-0.1, -0.05) is 51.0 Å². The number of nitrogens with two attached hydrogens (primary N) is 1. The van der Waals surface area contributed by atoms with E-state index < -0.39 is 0 Å². The van der Waals surface area contributed by atoms with E-state index in [-0.39, 0.29) is 0 Å². The first kappa shape index (κ1) is 15.8. The third-order valence-electron chi connectivity index (χ3n) is 3.85. The van der Waals surface area contributed by atoms with Crippen LogP contribution in [-0.4, -0.2) is 18.1 Å². The summed E-state index contributed by atoms with van der Waals surface area (Å²) in [6, 6.07) is 10.6. The van der Waals surface area contributed by atoms with Gasteiger partial charge in [0, 0.05) is 25.0 Å². The van der Waals surface area contributed by atoms with E-state index in [1.165, 1.54) is 36.5 Å². The summed E-state index contributed by atoms with van der Waals surface area (Å²) in [5.41, 5.74) is 6.80. The summed E-state index contributed by atoms with van der Waals surface area (Å²) in [7, 11) is 0. The number of nitrogens with zero attached hydrogens (tertiary/aromatic N) is 2. The van der Waals surface area contributed by atoms with Crippen LogP contribution in [0.5, 0.6) is 0 Å². The molecule has 0 aliphatic heterocycles. The van der Waals surface area contributed by atoms with Crippen LogP contribution in [-0.2, 0) is 6.54 Å². The minimum atomic E-state index is 0.493. The third kappa shape index (κ3) is 3.94. The topological polar surface area (TPSA) is 42.2 Å². The van der Waals surface area contributed by atoms with E-state index in [1.807, 2.05) is 0 Å². The van der Waals surface area contributed by atoms with Crippen LogP contribution < -0.4 is 10.6 Å². The Kier molecular flexibility index (Phi) is 6.00. The summed E-state index contributed by atoms with van der Waals surface area (Å²) in [6.07, 6.45) is 4.81. The highest BCUT2D eigenvalue weighted by molar-refractivity contribution is 5.92. The number of benzene rings is 1. The Bertz CT molecular complexity index is 557. The molecule has 2 rings (SSSR count). The first-order chi connectivity index (χ1) is 10.3. The average Bonchev–Trinajstić information content (AvgIpc) is 2.54. The molecule has 0 amide bonds. The van der Waals surface area contributed by atoms with Crippen molar-refractivity contribution in [2.45, 2.75) is 46.1 Å². The van der Waals surface area contributed by atoms with E-state index in [4.69, 9.17) is 10.7 Å². The van der Waals surface area contributed by atoms with Crippen LogP contribution in [0.2, 0.25) is 0 Å². The highest BCUT2D eigenvalue weighted by atomic mass is 15.2. The highest BCUT2D eigenvalue weighted by Gasteiger charge is 2.12. The normalized spacial score (nSPS) is 11.0. The molecule has 2 N–H and O–H groups in total. The van der Waals surface area contributed by atoms with Gasteiger partial charge in [0.25, 0.3) is 0 Å². The lowest BCUT2D eigenvalue weighted by molar-refractivity contribution is 0.672. The standard InChI is InChI=1S/C18H27N3/c1-3-5-11-21(12-6-4-2)18-17-10-8-7-9-15(17)13-16(14-19)20-18/h7-10,13H,3-6,11-12,14,19H2,1-2H3. The van der Waals surface area contributed by atoms with E-state index in [0.717, 1.165) is 24.6 Å². The lowest BCUT2D eigenvalue weighted by Gasteiger charge is -2.25. The molecule has 21 heavy (non-hydrogen) atoms. The number of anilines is 1. The van der Waals surface area contributed by atoms with Crippen LogP contribution in [0.3, 0.4) is 0 Å². The fourth-order valence-electron chi connectivity index (χ4n) is 2.60. The van der Waals surface area contributed by atoms with Crippen LogP contribution in [0, 0.1) is 0 Å². The van der Waals surface area contributed by atoms with Crippen molar-refractivity contribution in [3.8, 4) is 0 Å². The molecule has 0 aliphatic carbocycles. The maximum Gasteiger partial charge on any atom is 0.136 e. The highest BCUT2D eigenvalue weighted by Crippen LogP contribution is 2.26. The fraction of sp³-hybridized carbons (Fsp3) is 0.500. The second kappa shape index (κ2) is 7.99. The smallest absolute Gasteiger partial charge is 0.136 e. The van der Waals surface area contributed by atoms with Gasteiger partial charge in [0.2, 0.25) is 0 Å². The van der Waals surface area contributed by atoms with Crippen molar-refractivity contribution in [2.75, 3.05) is 18.0 Å². The maximum absolute atomic E-state index is 5.83. The molecule has 0 bridgehead atoms. The van der Waals surface area contributed by atoms with E-state index in [9.17, 15) is 0 Å². The Morgan fingerprint density at radius 1 is 1.05 bits per heavy atom. The lowest BCUT2D eigenvalue weighted by Crippen LogP contribution is -2.27. The molecule has 0 aliphatic rings. The fourth-order valence-corrected chi connectivity index (χ4v) is 2.60. The first-order valence-electron chi connectivity index (χ1n) is 8.13. The molecule has 0 saturated heterocycles. The van der Waals surface area contributed by atoms with Gasteiger partial charge in [0.05, 0.1) is 5.69 Å². The first-order valence-corrected chi connectivity index (χ1v) is 8.13. The zero-order valence-electron chi connectivity index (χ0n) is 13.3. The van der Waals surface area contributed by atoms with Gasteiger partial charge in [-0.3, -0.25) is 0 Å². The molecule has 0 fully saturated rings. The van der Waals surface area contributed by atoms with Gasteiger partial charge in [-0.05, 0) is 24.3 Å². The van der Waals surface area contributed by atoms with Gasteiger partial charge in [-0.25, -0.2) is 4.98 Å². The molecular formula is C18H27N3. The van der Waals surface area contributed by atoms with Gasteiger partial charge < -0.3 is 10.6 Å². The van der Waals surface area contributed by atoms with Crippen LogP contribution in [0.15, 0.2) is 30.3 Å². The molecular weight excluding hydrogens is 258 g/mol. The summed E-state index contributed by atoms with van der Waals surface area (Å²) in [6.45, 7) is 7.11. The zero-order chi connectivity index (χ0) is 15.1. The predicted molar refractivity (Wildman–Crippen MR) is 91.7 cm³/mol. The van der Waals surface area contributed by atoms with Crippen molar-refractivity contribution < 1.29 is 0 Å². The Balaban J connectivity index is 2.43. The zero-order valence-corrected chi connectivity index (χ0v) is 13.3. The van der Waals surface area contributed by atoms with E-state index >= 15 is 0 Å². The number of aromatic nitrogens is 1. The van der Waals surface area contributed by atoms with Crippen LogP contribution in [0.1, 0.15) is 45.2 Å². The second-order valence-corrected chi connectivity index (χ2v) is 5.56. The number of fused-ring (bicyclic) bond motifs is 1. The van der Waals surface area contributed by atoms with Gasteiger partial charge >= 0.3 is 0 Å². The summed E-state index contributed by atoms with van der Waals surface area (Å²) < 4.78 is 0. The van der Waals surface area contributed by atoms with Crippen LogP contribution in [0.25, 0.3) is 10.8 Å². The minimum absolute atomic E-state index is 0.493. The van der Waals surface area contributed by atoms with Gasteiger partial charge in [-0.15, -0.1) is 0 Å². The molecule has 0 saturated carbocycles. The molecule has 0 radical (unpaired) electrons. The van der Waals surface area contributed by atoms with E-state index in [2.05, 4.69) is 49.1 Å². The molecule has 114 valence electrons. The quantitative estimate of drug-likeness (QED) is 0.794. The monoisotopic (exact) mass is 285 g/mol. The number of pyridine rings is 1. The molecule has 0 unspecified atom stereocenters. The number of hydrogen-bond donors (Lipinski definition) is 1. The lowest BCUT2D eigenvalue weighted by atomic mass is 10.1. The summed E-state index contributed by atoms with van der Waals surface area (Å²) >= 11 is 0. The predicted octanol–water partition coefficient (Wildman–Crippen LogP) is 4.10. The molecule has 3 heteroatoms. The molecule has 0 spiro atoms. The summed E-state index contributed by atoms with van der Waals surface area (Å²) in [5.74, 6) is 1.11. The van der Waals surface area contributed by atoms with Crippen molar-refractivity contribution in [3.63, 3.8) is 0 Å². The largest absolute Gasteiger partial charge is 0.356 e. The van der Waals surface area contributed by atoms with Crippen LogP contribution in [0.4, 0.5) is 5.82 Å². The molecule has 1 heterocycles. The van der Waals surface area contributed by atoms with Gasteiger partial charge in [-0.2, -0.15) is 0 Å². The van der Waals surface area contributed by atoms with Crippen molar-refractivity contribution in [3.05, 3.63) is 36.0 Å². The molecule has 1 aromatic heterocycles. The Morgan fingerprint density at radius 3 is 2.33 bits per heavy atom. The third-order valence-corrected chi connectivity index (χ3v) is 3.85. The van der Waals surface area contributed by atoms with Gasteiger partial charge in [0.15, 0.2) is 0 Å². The van der Waals surface area contributed by atoms with Gasteiger partial charge in [0.1, 0.15) is 5.82 Å². The molecule has 2 aromatic rings. The van der Waals surface area contributed by atoms with Crippen molar-refractivity contribution in [2.24, 2.45) is 5.73 Å².